The number of hydrogen-bond donors (Lipinski definition) is 2. The van der Waals surface area contributed by atoms with Crippen LogP contribution >= 0.6 is 0 Å². The molecule has 1 aliphatic rings. The zero-order valence-corrected chi connectivity index (χ0v) is 12.6. The molecule has 0 bridgehead atoms. The van der Waals surface area contributed by atoms with E-state index in [1.165, 1.54) is 6.07 Å². The molecular weight excluding hydrogens is 255 g/mol. The van der Waals surface area contributed by atoms with Gasteiger partial charge in [0.15, 0.2) is 0 Å². The number of aliphatic hydroxyl groups excluding tert-OH is 1. The molecule has 112 valence electrons. The summed E-state index contributed by atoms with van der Waals surface area (Å²) in [7, 11) is 0. The number of aryl methyl sites for hydroxylation is 1. The topological polar surface area (TPSA) is 35.5 Å². The van der Waals surface area contributed by atoms with Crippen LogP contribution in [-0.2, 0) is 0 Å². The summed E-state index contributed by atoms with van der Waals surface area (Å²) < 4.78 is 13.5. The average molecular weight is 280 g/mol. The largest absolute Gasteiger partial charge is 0.396 e. The number of rotatable bonds is 4. The van der Waals surface area contributed by atoms with Gasteiger partial charge in [-0.15, -0.1) is 0 Å². The van der Waals surface area contributed by atoms with Crippen molar-refractivity contribution in [2.45, 2.75) is 26.8 Å². The Morgan fingerprint density at radius 3 is 2.55 bits per heavy atom. The zero-order valence-electron chi connectivity index (χ0n) is 12.6. The molecule has 2 rings (SSSR count). The van der Waals surface area contributed by atoms with Gasteiger partial charge in [-0.2, -0.15) is 0 Å². The number of benzene rings is 1. The predicted octanol–water partition coefficient (Wildman–Crippen LogP) is 2.10. The van der Waals surface area contributed by atoms with Crippen molar-refractivity contribution in [2.24, 2.45) is 5.41 Å². The lowest BCUT2D eigenvalue weighted by molar-refractivity contribution is 0.0304. The van der Waals surface area contributed by atoms with Gasteiger partial charge in [-0.25, -0.2) is 4.39 Å². The SMILES string of the molecule is Cc1cc([C@@H](N2CCNCC2)C(C)(C)CO)ccc1F. The molecule has 0 amide bonds. The molecule has 2 N–H and O–H groups in total. The zero-order chi connectivity index (χ0) is 14.8. The lowest BCUT2D eigenvalue weighted by Gasteiger charge is -2.43. The molecule has 1 aromatic carbocycles. The molecule has 0 unspecified atom stereocenters. The third-order valence-electron chi connectivity index (χ3n) is 4.16. The van der Waals surface area contributed by atoms with E-state index in [2.05, 4.69) is 24.1 Å². The fraction of sp³-hybridized carbons (Fsp3) is 0.625. The van der Waals surface area contributed by atoms with Gasteiger partial charge in [-0.1, -0.05) is 26.0 Å². The van der Waals surface area contributed by atoms with Crippen molar-refractivity contribution in [1.82, 2.24) is 10.2 Å². The van der Waals surface area contributed by atoms with Crippen molar-refractivity contribution in [3.05, 3.63) is 35.1 Å². The molecule has 1 heterocycles. The number of nitrogens with one attached hydrogen (secondary N) is 1. The molecule has 1 atom stereocenters. The van der Waals surface area contributed by atoms with Crippen molar-refractivity contribution in [2.75, 3.05) is 32.8 Å². The van der Waals surface area contributed by atoms with Crippen molar-refractivity contribution in [3.63, 3.8) is 0 Å². The molecule has 0 saturated carbocycles. The summed E-state index contributed by atoms with van der Waals surface area (Å²) in [5, 5.41) is 13.1. The van der Waals surface area contributed by atoms with E-state index in [0.717, 1.165) is 31.7 Å². The molecule has 0 aromatic heterocycles. The predicted molar refractivity (Wildman–Crippen MR) is 79.2 cm³/mol. The summed E-state index contributed by atoms with van der Waals surface area (Å²) in [6.07, 6.45) is 0. The quantitative estimate of drug-likeness (QED) is 0.886. The number of hydrogen-bond acceptors (Lipinski definition) is 3. The first kappa shape index (κ1) is 15.4. The van der Waals surface area contributed by atoms with E-state index < -0.39 is 0 Å². The number of halogens is 1. The highest BCUT2D eigenvalue weighted by Gasteiger charge is 2.35. The Labute approximate surface area is 120 Å². The Balaban J connectivity index is 2.36. The minimum atomic E-state index is -0.262. The Morgan fingerprint density at radius 2 is 2.00 bits per heavy atom. The second-order valence-electron chi connectivity index (χ2n) is 6.34. The number of piperazine rings is 1. The monoisotopic (exact) mass is 280 g/mol. The highest BCUT2D eigenvalue weighted by Crippen LogP contribution is 2.38. The van der Waals surface area contributed by atoms with Gasteiger partial charge in [0.25, 0.3) is 0 Å². The van der Waals surface area contributed by atoms with Gasteiger partial charge in [0.1, 0.15) is 5.82 Å². The van der Waals surface area contributed by atoms with Crippen LogP contribution in [-0.4, -0.2) is 42.8 Å². The van der Waals surface area contributed by atoms with Crippen LogP contribution in [0.1, 0.15) is 31.0 Å². The van der Waals surface area contributed by atoms with E-state index in [0.29, 0.717) is 5.56 Å². The molecular formula is C16H25FN2O. The highest BCUT2D eigenvalue weighted by atomic mass is 19.1. The molecule has 3 nitrogen and oxygen atoms in total. The van der Waals surface area contributed by atoms with Gasteiger partial charge in [-0.3, -0.25) is 4.90 Å². The van der Waals surface area contributed by atoms with E-state index in [1.54, 1.807) is 6.92 Å². The van der Waals surface area contributed by atoms with Crippen molar-refractivity contribution in [3.8, 4) is 0 Å². The number of nitrogens with zero attached hydrogens (tertiary/aromatic N) is 1. The molecule has 1 aliphatic heterocycles. The van der Waals surface area contributed by atoms with E-state index in [-0.39, 0.29) is 23.9 Å². The van der Waals surface area contributed by atoms with Crippen LogP contribution < -0.4 is 5.32 Å². The fourth-order valence-electron chi connectivity index (χ4n) is 3.02. The van der Waals surface area contributed by atoms with E-state index >= 15 is 0 Å². The Hall–Kier alpha value is -0.970. The van der Waals surface area contributed by atoms with E-state index in [4.69, 9.17) is 0 Å². The van der Waals surface area contributed by atoms with Crippen LogP contribution in [0.4, 0.5) is 4.39 Å². The first-order valence-corrected chi connectivity index (χ1v) is 7.27. The third kappa shape index (κ3) is 3.19. The van der Waals surface area contributed by atoms with Gasteiger partial charge in [-0.05, 0) is 24.1 Å². The average Bonchev–Trinajstić information content (AvgIpc) is 2.44. The Kier molecular flexibility index (Phi) is 4.78. The molecule has 1 fully saturated rings. The molecule has 4 heteroatoms. The molecule has 0 aliphatic carbocycles. The third-order valence-corrected chi connectivity index (χ3v) is 4.16. The lowest BCUT2D eigenvalue weighted by atomic mass is 9.79. The Morgan fingerprint density at radius 1 is 1.35 bits per heavy atom. The standard InChI is InChI=1S/C16H25FN2O/c1-12-10-13(4-5-14(12)17)15(16(2,3)11-20)19-8-6-18-7-9-19/h4-5,10,15,18,20H,6-9,11H2,1-3H3/t15-/m1/s1. The first-order chi connectivity index (χ1) is 9.45. The molecule has 1 aromatic rings. The summed E-state index contributed by atoms with van der Waals surface area (Å²) in [4.78, 5) is 2.39. The summed E-state index contributed by atoms with van der Waals surface area (Å²) >= 11 is 0. The van der Waals surface area contributed by atoms with Crippen molar-refractivity contribution < 1.29 is 9.50 Å². The summed E-state index contributed by atoms with van der Waals surface area (Å²) in [6.45, 7) is 9.85. The van der Waals surface area contributed by atoms with Gasteiger partial charge >= 0.3 is 0 Å². The van der Waals surface area contributed by atoms with Gasteiger partial charge in [0.2, 0.25) is 0 Å². The second-order valence-corrected chi connectivity index (χ2v) is 6.34. The summed E-state index contributed by atoms with van der Waals surface area (Å²) in [5.41, 5.74) is 1.49. The van der Waals surface area contributed by atoms with Crippen LogP contribution in [0.5, 0.6) is 0 Å². The van der Waals surface area contributed by atoms with Crippen LogP contribution in [0.15, 0.2) is 18.2 Å². The van der Waals surface area contributed by atoms with Gasteiger partial charge < -0.3 is 10.4 Å². The number of aliphatic hydroxyl groups is 1. The maximum atomic E-state index is 13.5. The maximum absolute atomic E-state index is 13.5. The Bertz CT molecular complexity index is 456. The molecule has 0 spiro atoms. The van der Waals surface area contributed by atoms with E-state index in [9.17, 15) is 9.50 Å². The normalized spacial score (nSPS) is 19.1. The highest BCUT2D eigenvalue weighted by molar-refractivity contribution is 5.28. The molecule has 0 radical (unpaired) electrons. The van der Waals surface area contributed by atoms with Crippen LogP contribution in [0.3, 0.4) is 0 Å². The van der Waals surface area contributed by atoms with Crippen LogP contribution in [0, 0.1) is 18.2 Å². The van der Waals surface area contributed by atoms with Crippen LogP contribution in [0.2, 0.25) is 0 Å². The minimum Gasteiger partial charge on any atom is -0.396 e. The maximum Gasteiger partial charge on any atom is 0.126 e. The second kappa shape index (κ2) is 6.20. The summed E-state index contributed by atoms with van der Waals surface area (Å²) in [6, 6.07) is 5.41. The van der Waals surface area contributed by atoms with Gasteiger partial charge in [0.05, 0.1) is 0 Å². The van der Waals surface area contributed by atoms with Gasteiger partial charge in [0, 0.05) is 44.2 Å². The first-order valence-electron chi connectivity index (χ1n) is 7.27. The summed E-state index contributed by atoms with van der Waals surface area (Å²) in [5.74, 6) is -0.172. The lowest BCUT2D eigenvalue weighted by Crippen LogP contribution is -2.49. The van der Waals surface area contributed by atoms with Crippen molar-refractivity contribution >= 4 is 0 Å². The molecule has 1 saturated heterocycles. The smallest absolute Gasteiger partial charge is 0.126 e. The molecule has 20 heavy (non-hydrogen) atoms. The fourth-order valence-corrected chi connectivity index (χ4v) is 3.02. The minimum absolute atomic E-state index is 0.105. The van der Waals surface area contributed by atoms with Crippen LogP contribution in [0.25, 0.3) is 0 Å². The van der Waals surface area contributed by atoms with Crippen molar-refractivity contribution in [1.29, 1.82) is 0 Å². The van der Waals surface area contributed by atoms with E-state index in [1.807, 2.05) is 12.1 Å².